The summed E-state index contributed by atoms with van der Waals surface area (Å²) in [4.78, 5) is 0. The predicted molar refractivity (Wildman–Crippen MR) is 111 cm³/mol. The largest absolute Gasteiger partial charge is 0.491 e. The summed E-state index contributed by atoms with van der Waals surface area (Å²) in [7, 11) is 0. The van der Waals surface area contributed by atoms with Crippen molar-refractivity contribution in [3.63, 3.8) is 0 Å². The molecule has 0 spiro atoms. The van der Waals surface area contributed by atoms with Crippen LogP contribution in [0.2, 0.25) is 5.02 Å². The van der Waals surface area contributed by atoms with Gasteiger partial charge in [0.2, 0.25) is 0 Å². The summed E-state index contributed by atoms with van der Waals surface area (Å²) in [5.74, 6) is 1.26. The first kappa shape index (κ1) is 21.6. The molecular weight excluding hydrogens is 363 g/mol. The van der Waals surface area contributed by atoms with Gasteiger partial charge < -0.3 is 9.47 Å². The van der Waals surface area contributed by atoms with Crippen LogP contribution in [0, 0.1) is 5.82 Å². The fraction of sp³-hybridized carbons (Fsp3) is 0.478. The van der Waals surface area contributed by atoms with Crippen molar-refractivity contribution >= 4 is 11.6 Å². The Morgan fingerprint density at radius 2 is 1.70 bits per heavy atom. The van der Waals surface area contributed by atoms with Crippen molar-refractivity contribution in [1.29, 1.82) is 0 Å². The fourth-order valence-electron chi connectivity index (χ4n) is 2.99. The summed E-state index contributed by atoms with van der Waals surface area (Å²) in [5.41, 5.74) is 2.15. The number of halogens is 2. The summed E-state index contributed by atoms with van der Waals surface area (Å²) >= 11 is 6.25. The number of benzene rings is 2. The van der Waals surface area contributed by atoms with Crippen LogP contribution >= 0.6 is 11.6 Å². The zero-order valence-corrected chi connectivity index (χ0v) is 17.6. The van der Waals surface area contributed by atoms with Crippen LogP contribution in [0.3, 0.4) is 0 Å². The van der Waals surface area contributed by atoms with Gasteiger partial charge in [-0.2, -0.15) is 0 Å². The summed E-state index contributed by atoms with van der Waals surface area (Å²) in [6.07, 6.45) is 2.73. The molecule has 2 aromatic rings. The number of ether oxygens (including phenoxy) is 2. The Morgan fingerprint density at radius 1 is 0.963 bits per heavy atom. The maximum absolute atomic E-state index is 13.9. The van der Waals surface area contributed by atoms with Crippen LogP contribution in [0.4, 0.5) is 4.39 Å². The van der Waals surface area contributed by atoms with Gasteiger partial charge in [0, 0.05) is 6.07 Å². The van der Waals surface area contributed by atoms with Crippen LogP contribution in [-0.4, -0.2) is 12.2 Å². The lowest BCUT2D eigenvalue weighted by molar-refractivity contribution is 0.205. The molecule has 0 saturated heterocycles. The summed E-state index contributed by atoms with van der Waals surface area (Å²) < 4.78 is 25.6. The Kier molecular flexibility index (Phi) is 7.97. The Morgan fingerprint density at radius 3 is 2.37 bits per heavy atom. The molecule has 0 N–H and O–H groups in total. The number of rotatable bonds is 9. The topological polar surface area (TPSA) is 18.5 Å². The fourth-order valence-corrected chi connectivity index (χ4v) is 3.16. The van der Waals surface area contributed by atoms with E-state index in [1.54, 1.807) is 6.07 Å². The quantitative estimate of drug-likeness (QED) is 0.450. The van der Waals surface area contributed by atoms with E-state index in [1.807, 2.05) is 45.0 Å². The van der Waals surface area contributed by atoms with Crippen molar-refractivity contribution in [2.45, 2.75) is 72.0 Å². The van der Waals surface area contributed by atoms with E-state index < -0.39 is 0 Å². The third kappa shape index (κ3) is 6.73. The number of hydrogen-bond donors (Lipinski definition) is 0. The smallest absolute Gasteiger partial charge is 0.138 e. The lowest BCUT2D eigenvalue weighted by atomic mass is 9.94. The minimum absolute atomic E-state index is 0.0204. The van der Waals surface area contributed by atoms with Crippen LogP contribution in [0.1, 0.15) is 64.5 Å². The van der Waals surface area contributed by atoms with Gasteiger partial charge in [0.15, 0.2) is 0 Å². The first-order chi connectivity index (χ1) is 12.8. The molecule has 2 rings (SSSR count). The van der Waals surface area contributed by atoms with E-state index in [0.717, 1.165) is 30.6 Å². The van der Waals surface area contributed by atoms with Gasteiger partial charge in [-0.3, -0.25) is 0 Å². The van der Waals surface area contributed by atoms with E-state index >= 15 is 0 Å². The molecule has 0 aliphatic carbocycles. The number of hydrogen-bond acceptors (Lipinski definition) is 2. The highest BCUT2D eigenvalue weighted by molar-refractivity contribution is 6.32. The molecule has 0 saturated carbocycles. The lowest BCUT2D eigenvalue weighted by Crippen LogP contribution is -2.13. The standard InChI is InChI=1S/C23H30ClFO2/c1-6-18-9-10-22(24)23(11-18)27-17(5)8-7-16(4)19-12-20(25)14-21(13-19)26-15(2)3/h9-17H,6-8H2,1-5H3. The van der Waals surface area contributed by atoms with Crippen LogP contribution < -0.4 is 9.47 Å². The molecule has 0 fully saturated rings. The molecule has 2 unspecified atom stereocenters. The molecule has 2 aromatic carbocycles. The first-order valence-corrected chi connectivity index (χ1v) is 10.1. The summed E-state index contributed by atoms with van der Waals surface area (Å²) in [6.45, 7) is 10.1. The van der Waals surface area contributed by atoms with E-state index in [1.165, 1.54) is 11.6 Å². The average Bonchev–Trinajstić information content (AvgIpc) is 2.60. The molecular formula is C23H30ClFO2. The van der Waals surface area contributed by atoms with Crippen LogP contribution in [0.5, 0.6) is 11.5 Å². The van der Waals surface area contributed by atoms with Gasteiger partial charge in [0.25, 0.3) is 0 Å². The van der Waals surface area contributed by atoms with Crippen molar-refractivity contribution in [3.05, 3.63) is 58.4 Å². The zero-order chi connectivity index (χ0) is 20.0. The van der Waals surface area contributed by atoms with Crippen LogP contribution in [-0.2, 0) is 6.42 Å². The molecule has 0 aromatic heterocycles. The van der Waals surface area contributed by atoms with E-state index in [0.29, 0.717) is 10.8 Å². The Bertz CT molecular complexity index is 745. The maximum Gasteiger partial charge on any atom is 0.138 e. The minimum atomic E-state index is -0.262. The molecule has 0 bridgehead atoms. The van der Waals surface area contributed by atoms with Crippen molar-refractivity contribution < 1.29 is 13.9 Å². The second-order valence-corrected chi connectivity index (χ2v) is 7.82. The Balaban J connectivity index is 1.96. The predicted octanol–water partition coefficient (Wildman–Crippen LogP) is 7.18. The van der Waals surface area contributed by atoms with Gasteiger partial charge in [-0.15, -0.1) is 0 Å². The first-order valence-electron chi connectivity index (χ1n) is 9.70. The average molecular weight is 393 g/mol. The Hall–Kier alpha value is -1.74. The Labute approximate surface area is 167 Å². The molecule has 0 amide bonds. The summed E-state index contributed by atoms with van der Waals surface area (Å²) in [5, 5.41) is 0.632. The van der Waals surface area contributed by atoms with Gasteiger partial charge in [0.05, 0.1) is 17.2 Å². The normalized spacial score (nSPS) is 13.5. The minimum Gasteiger partial charge on any atom is -0.491 e. The molecule has 27 heavy (non-hydrogen) atoms. The molecule has 0 radical (unpaired) electrons. The molecule has 0 aliphatic rings. The second kappa shape index (κ2) is 9.98. The van der Waals surface area contributed by atoms with Gasteiger partial charge in [0.1, 0.15) is 17.3 Å². The molecule has 2 nitrogen and oxygen atoms in total. The maximum atomic E-state index is 13.9. The molecule has 0 heterocycles. The monoisotopic (exact) mass is 392 g/mol. The van der Waals surface area contributed by atoms with Crippen LogP contribution in [0.15, 0.2) is 36.4 Å². The number of aryl methyl sites for hydroxylation is 1. The highest BCUT2D eigenvalue weighted by Gasteiger charge is 2.14. The molecule has 4 heteroatoms. The lowest BCUT2D eigenvalue weighted by Gasteiger charge is -2.19. The van der Waals surface area contributed by atoms with Gasteiger partial charge in [-0.25, -0.2) is 4.39 Å². The van der Waals surface area contributed by atoms with Crippen molar-refractivity contribution in [2.75, 3.05) is 0 Å². The molecule has 0 aliphatic heterocycles. The van der Waals surface area contributed by atoms with Gasteiger partial charge >= 0.3 is 0 Å². The van der Waals surface area contributed by atoms with Gasteiger partial charge in [-0.1, -0.05) is 31.5 Å². The van der Waals surface area contributed by atoms with Gasteiger partial charge in [-0.05, 0) is 81.3 Å². The SMILES string of the molecule is CCc1ccc(Cl)c(OC(C)CCC(C)c2cc(F)cc(OC(C)C)c2)c1. The van der Waals surface area contributed by atoms with Crippen molar-refractivity contribution in [3.8, 4) is 11.5 Å². The zero-order valence-electron chi connectivity index (χ0n) is 16.9. The van der Waals surface area contributed by atoms with E-state index in [9.17, 15) is 4.39 Å². The van der Waals surface area contributed by atoms with E-state index in [2.05, 4.69) is 13.8 Å². The third-order valence-electron chi connectivity index (χ3n) is 4.57. The van der Waals surface area contributed by atoms with Crippen molar-refractivity contribution in [1.82, 2.24) is 0 Å². The molecule has 148 valence electrons. The second-order valence-electron chi connectivity index (χ2n) is 7.41. The van der Waals surface area contributed by atoms with E-state index in [-0.39, 0.29) is 23.9 Å². The third-order valence-corrected chi connectivity index (χ3v) is 4.88. The highest BCUT2D eigenvalue weighted by atomic mass is 35.5. The van der Waals surface area contributed by atoms with Crippen molar-refractivity contribution in [2.24, 2.45) is 0 Å². The highest BCUT2D eigenvalue weighted by Crippen LogP contribution is 2.30. The summed E-state index contributed by atoms with van der Waals surface area (Å²) in [6, 6.07) is 10.9. The van der Waals surface area contributed by atoms with E-state index in [4.69, 9.17) is 21.1 Å². The molecule has 2 atom stereocenters. The van der Waals surface area contributed by atoms with Crippen LogP contribution in [0.25, 0.3) is 0 Å².